The highest BCUT2D eigenvalue weighted by Crippen LogP contribution is 2.16. The Labute approximate surface area is 75.9 Å². The minimum Gasteiger partial charge on any atom is -0.376 e. The fourth-order valence-corrected chi connectivity index (χ4v) is 1.43. The third-order valence-corrected chi connectivity index (χ3v) is 2.19. The monoisotopic (exact) mass is 183 g/mol. The average Bonchev–Trinajstić information content (AvgIpc) is 2.64. The van der Waals surface area contributed by atoms with E-state index >= 15 is 0 Å². The Morgan fingerprint density at radius 1 is 1.69 bits per heavy atom. The van der Waals surface area contributed by atoms with Gasteiger partial charge >= 0.3 is 0 Å². The van der Waals surface area contributed by atoms with Gasteiger partial charge < -0.3 is 15.8 Å². The molecule has 72 valence electrons. The number of rotatable bonds is 2. The summed E-state index contributed by atoms with van der Waals surface area (Å²) in [5.74, 6) is 0.869. The van der Waals surface area contributed by atoms with Crippen LogP contribution in [0, 0.1) is 0 Å². The summed E-state index contributed by atoms with van der Waals surface area (Å²) in [4.78, 5) is 3.95. The highest BCUT2D eigenvalue weighted by Gasteiger charge is 2.24. The van der Waals surface area contributed by atoms with E-state index in [1.54, 1.807) is 0 Å². The zero-order chi connectivity index (χ0) is 9.26. The van der Waals surface area contributed by atoms with Crippen LogP contribution in [0.15, 0.2) is 0 Å². The van der Waals surface area contributed by atoms with Crippen LogP contribution in [0.5, 0.6) is 0 Å². The first kappa shape index (κ1) is 8.31. The molecule has 2 atom stereocenters. The topological polar surface area (TPSA) is 88.8 Å². The van der Waals surface area contributed by atoms with E-state index in [4.69, 9.17) is 10.5 Å². The second kappa shape index (κ2) is 3.21. The molecule has 6 nitrogen and oxygen atoms in total. The Kier molecular flexibility index (Phi) is 2.05. The van der Waals surface area contributed by atoms with Gasteiger partial charge in [-0.15, -0.1) is 5.10 Å². The van der Waals surface area contributed by atoms with E-state index in [-0.39, 0.29) is 12.1 Å². The molecule has 4 N–H and O–H groups in total. The van der Waals surface area contributed by atoms with Gasteiger partial charge in [0, 0.05) is 6.61 Å². The van der Waals surface area contributed by atoms with Crippen LogP contribution < -0.4 is 11.1 Å². The molecular weight excluding hydrogens is 170 g/mol. The molecule has 6 heteroatoms. The van der Waals surface area contributed by atoms with E-state index in [1.807, 2.05) is 6.92 Å². The maximum Gasteiger partial charge on any atom is 0.243 e. The molecule has 1 fully saturated rings. The fraction of sp³-hybridized carbons (Fsp3) is 0.714. The van der Waals surface area contributed by atoms with Gasteiger partial charge in [0.15, 0.2) is 0 Å². The molecule has 2 unspecified atom stereocenters. The lowest BCUT2D eigenvalue weighted by Gasteiger charge is -2.13. The van der Waals surface area contributed by atoms with Gasteiger partial charge in [-0.3, -0.25) is 0 Å². The predicted octanol–water partition coefficient (Wildman–Crippen LogP) is -0.0238. The summed E-state index contributed by atoms with van der Waals surface area (Å²) in [5.41, 5.74) is 5.39. The number of hydrogen-bond donors (Lipinski definition) is 3. The Balaban J connectivity index is 1.97. The van der Waals surface area contributed by atoms with Crippen LogP contribution in [0.4, 0.5) is 11.9 Å². The molecule has 0 aromatic carbocycles. The largest absolute Gasteiger partial charge is 0.376 e. The molecule has 2 heterocycles. The number of aromatic amines is 1. The predicted molar refractivity (Wildman–Crippen MR) is 48.2 cm³/mol. The molecule has 0 bridgehead atoms. The van der Waals surface area contributed by atoms with Crippen LogP contribution in [0.2, 0.25) is 0 Å². The van der Waals surface area contributed by atoms with Gasteiger partial charge in [-0.1, -0.05) is 0 Å². The van der Waals surface area contributed by atoms with E-state index < -0.39 is 0 Å². The lowest BCUT2D eigenvalue weighted by atomic mass is 10.2. The van der Waals surface area contributed by atoms with Crippen molar-refractivity contribution >= 4 is 11.9 Å². The van der Waals surface area contributed by atoms with Crippen molar-refractivity contribution in [2.75, 3.05) is 17.7 Å². The minimum atomic E-state index is 0.208. The van der Waals surface area contributed by atoms with Crippen LogP contribution in [0.3, 0.4) is 0 Å². The summed E-state index contributed by atoms with van der Waals surface area (Å²) in [7, 11) is 0. The van der Waals surface area contributed by atoms with Crippen LogP contribution in [-0.4, -0.2) is 33.9 Å². The van der Waals surface area contributed by atoms with Crippen LogP contribution >= 0.6 is 0 Å². The van der Waals surface area contributed by atoms with E-state index in [0.29, 0.717) is 11.9 Å². The van der Waals surface area contributed by atoms with Crippen molar-refractivity contribution in [3.05, 3.63) is 0 Å². The number of ether oxygens (including phenoxy) is 1. The van der Waals surface area contributed by atoms with Crippen LogP contribution in [-0.2, 0) is 4.74 Å². The van der Waals surface area contributed by atoms with Crippen molar-refractivity contribution in [2.24, 2.45) is 0 Å². The maximum absolute atomic E-state index is 5.39. The number of nitrogens with one attached hydrogen (secondary N) is 2. The zero-order valence-corrected chi connectivity index (χ0v) is 7.45. The number of nitrogen functional groups attached to an aromatic ring is 1. The van der Waals surface area contributed by atoms with E-state index in [2.05, 4.69) is 20.5 Å². The number of H-pyrrole nitrogens is 1. The fourth-order valence-electron chi connectivity index (χ4n) is 1.43. The highest BCUT2D eigenvalue weighted by atomic mass is 16.5. The van der Waals surface area contributed by atoms with Crippen molar-refractivity contribution in [1.82, 2.24) is 15.2 Å². The van der Waals surface area contributed by atoms with Gasteiger partial charge in [0.05, 0.1) is 12.1 Å². The van der Waals surface area contributed by atoms with E-state index in [0.717, 1.165) is 13.0 Å². The summed E-state index contributed by atoms with van der Waals surface area (Å²) in [6, 6.07) is 0.287. The summed E-state index contributed by atoms with van der Waals surface area (Å²) < 4.78 is 5.38. The molecule has 0 aliphatic carbocycles. The summed E-state index contributed by atoms with van der Waals surface area (Å²) in [6.45, 7) is 2.82. The van der Waals surface area contributed by atoms with Crippen molar-refractivity contribution in [3.63, 3.8) is 0 Å². The lowest BCUT2D eigenvalue weighted by Crippen LogP contribution is -2.27. The van der Waals surface area contributed by atoms with Gasteiger partial charge in [-0.05, 0) is 13.3 Å². The smallest absolute Gasteiger partial charge is 0.243 e. The Bertz CT molecular complexity index is 286. The molecule has 2 rings (SSSR count). The van der Waals surface area contributed by atoms with Crippen molar-refractivity contribution < 1.29 is 4.74 Å². The van der Waals surface area contributed by atoms with Gasteiger partial charge in [0.1, 0.15) is 0 Å². The number of nitrogens with zero attached hydrogens (tertiary/aromatic N) is 2. The second-order valence-electron chi connectivity index (χ2n) is 3.16. The maximum atomic E-state index is 5.39. The minimum absolute atomic E-state index is 0.208. The summed E-state index contributed by atoms with van der Waals surface area (Å²) in [6.07, 6.45) is 1.19. The van der Waals surface area contributed by atoms with Gasteiger partial charge in [-0.2, -0.15) is 4.98 Å². The molecule has 0 amide bonds. The molecule has 1 aliphatic rings. The molecule has 1 aliphatic heterocycles. The molecule has 1 aromatic heterocycles. The molecule has 0 saturated carbocycles. The van der Waals surface area contributed by atoms with Crippen molar-refractivity contribution in [1.29, 1.82) is 0 Å². The number of nitrogens with two attached hydrogens (primary N) is 1. The first-order valence-corrected chi connectivity index (χ1v) is 4.32. The zero-order valence-electron chi connectivity index (χ0n) is 7.45. The lowest BCUT2D eigenvalue weighted by molar-refractivity contribution is 0.121. The molecule has 0 spiro atoms. The Hall–Kier alpha value is -1.30. The van der Waals surface area contributed by atoms with Crippen molar-refractivity contribution in [2.45, 2.75) is 25.5 Å². The van der Waals surface area contributed by atoms with E-state index in [9.17, 15) is 0 Å². The third-order valence-electron chi connectivity index (χ3n) is 2.19. The highest BCUT2D eigenvalue weighted by molar-refractivity contribution is 5.31. The van der Waals surface area contributed by atoms with Crippen molar-refractivity contribution in [3.8, 4) is 0 Å². The molecular formula is C7H13N5O. The summed E-state index contributed by atoms with van der Waals surface area (Å²) >= 11 is 0. The molecule has 0 radical (unpaired) electrons. The third kappa shape index (κ3) is 1.72. The normalized spacial score (nSPS) is 27.8. The van der Waals surface area contributed by atoms with Crippen LogP contribution in [0.25, 0.3) is 0 Å². The molecule has 1 saturated heterocycles. The molecule has 1 aromatic rings. The number of anilines is 2. The SMILES string of the molecule is CC1OCCC1Nc1n[nH]c(N)n1. The van der Waals surface area contributed by atoms with E-state index in [1.165, 1.54) is 0 Å². The standard InChI is InChI=1S/C7H13N5O/c1-4-5(2-3-13-4)9-7-10-6(8)11-12-7/h4-5H,2-3H2,1H3,(H4,8,9,10,11,12). The quantitative estimate of drug-likeness (QED) is 0.599. The second-order valence-corrected chi connectivity index (χ2v) is 3.16. The van der Waals surface area contributed by atoms with Gasteiger partial charge in [0.25, 0.3) is 0 Å². The summed E-state index contributed by atoms with van der Waals surface area (Å²) in [5, 5.41) is 9.61. The Morgan fingerprint density at radius 2 is 2.54 bits per heavy atom. The van der Waals surface area contributed by atoms with Gasteiger partial charge in [0.2, 0.25) is 11.9 Å². The first-order valence-electron chi connectivity index (χ1n) is 4.32. The Morgan fingerprint density at radius 3 is 3.08 bits per heavy atom. The molecule has 13 heavy (non-hydrogen) atoms. The van der Waals surface area contributed by atoms with Crippen LogP contribution in [0.1, 0.15) is 13.3 Å². The van der Waals surface area contributed by atoms with Gasteiger partial charge in [-0.25, -0.2) is 5.10 Å². The average molecular weight is 183 g/mol. The number of aromatic nitrogens is 3. The first-order chi connectivity index (χ1) is 6.25. The number of hydrogen-bond acceptors (Lipinski definition) is 5.